The van der Waals surface area contributed by atoms with E-state index in [-0.39, 0.29) is 0 Å². The summed E-state index contributed by atoms with van der Waals surface area (Å²) in [5.41, 5.74) is 6.99. The molecule has 0 amide bonds. The van der Waals surface area contributed by atoms with Crippen molar-refractivity contribution in [2.75, 3.05) is 31.2 Å². The van der Waals surface area contributed by atoms with Crippen LogP contribution in [-0.4, -0.2) is 41.0 Å². The molecular weight excluding hydrogens is 238 g/mol. The molecule has 106 valence electrons. The lowest BCUT2D eigenvalue weighted by molar-refractivity contribution is 0.194. The molecule has 1 aliphatic rings. The molecule has 0 radical (unpaired) electrons. The van der Waals surface area contributed by atoms with Gasteiger partial charge < -0.3 is 16.0 Å². The maximum absolute atomic E-state index is 5.96. The molecule has 0 bridgehead atoms. The standard InChI is InChI=1S/C14H25N5/c1-10(2)12-13(15)17-9-18-14(12)16-8-11-6-4-5-7-19(11)3/h9-11H,4-8H2,1-3H3,(H3,15,16,17,18). The van der Waals surface area contributed by atoms with E-state index >= 15 is 0 Å². The first kappa shape index (κ1) is 14.1. The highest BCUT2D eigenvalue weighted by Crippen LogP contribution is 2.26. The van der Waals surface area contributed by atoms with E-state index in [1.807, 2.05) is 0 Å². The van der Waals surface area contributed by atoms with Crippen molar-refractivity contribution in [2.45, 2.75) is 45.1 Å². The summed E-state index contributed by atoms with van der Waals surface area (Å²) in [5.74, 6) is 1.80. The maximum atomic E-state index is 5.96. The van der Waals surface area contributed by atoms with Crippen LogP contribution in [0.1, 0.15) is 44.6 Å². The number of hydrogen-bond acceptors (Lipinski definition) is 5. The maximum Gasteiger partial charge on any atom is 0.135 e. The molecule has 1 unspecified atom stereocenters. The monoisotopic (exact) mass is 263 g/mol. The SMILES string of the molecule is CC(C)c1c(N)ncnc1NCC1CCCCN1C. The molecule has 5 heteroatoms. The molecule has 2 rings (SSSR count). The molecule has 1 atom stereocenters. The predicted octanol–water partition coefficient (Wildman–Crippen LogP) is 2.08. The Balaban J connectivity index is 2.05. The van der Waals surface area contributed by atoms with Gasteiger partial charge in [-0.25, -0.2) is 9.97 Å². The van der Waals surface area contributed by atoms with Crippen LogP contribution >= 0.6 is 0 Å². The van der Waals surface area contributed by atoms with E-state index in [1.165, 1.54) is 32.1 Å². The predicted molar refractivity (Wildman–Crippen MR) is 79.3 cm³/mol. The first-order valence-electron chi connectivity index (χ1n) is 7.14. The average Bonchev–Trinajstić information content (AvgIpc) is 2.37. The van der Waals surface area contributed by atoms with Crippen LogP contribution in [0.5, 0.6) is 0 Å². The lowest BCUT2D eigenvalue weighted by Crippen LogP contribution is -2.41. The summed E-state index contributed by atoms with van der Waals surface area (Å²) in [7, 11) is 2.20. The minimum atomic E-state index is 0.327. The number of aromatic nitrogens is 2. The summed E-state index contributed by atoms with van der Waals surface area (Å²) in [6, 6.07) is 0.588. The Kier molecular flexibility index (Phi) is 4.58. The highest BCUT2D eigenvalue weighted by molar-refractivity contribution is 5.56. The lowest BCUT2D eigenvalue weighted by atomic mass is 10.0. The van der Waals surface area contributed by atoms with Gasteiger partial charge in [0.1, 0.15) is 18.0 Å². The molecule has 1 fully saturated rings. The Bertz CT molecular complexity index is 418. The number of nitrogens with two attached hydrogens (primary N) is 1. The zero-order chi connectivity index (χ0) is 13.8. The van der Waals surface area contributed by atoms with Gasteiger partial charge in [-0.2, -0.15) is 0 Å². The molecule has 5 nitrogen and oxygen atoms in total. The van der Waals surface area contributed by atoms with Crippen molar-refractivity contribution in [1.82, 2.24) is 14.9 Å². The summed E-state index contributed by atoms with van der Waals surface area (Å²) in [5, 5.41) is 3.46. The van der Waals surface area contributed by atoms with Gasteiger partial charge in [0, 0.05) is 18.2 Å². The van der Waals surface area contributed by atoms with Crippen molar-refractivity contribution >= 4 is 11.6 Å². The quantitative estimate of drug-likeness (QED) is 0.870. The average molecular weight is 263 g/mol. The van der Waals surface area contributed by atoms with Crippen molar-refractivity contribution in [1.29, 1.82) is 0 Å². The summed E-state index contributed by atoms with van der Waals surface area (Å²) in [6.45, 7) is 6.35. The molecule has 3 N–H and O–H groups in total. The minimum absolute atomic E-state index is 0.327. The van der Waals surface area contributed by atoms with Gasteiger partial charge in [0.05, 0.1) is 0 Å². The topological polar surface area (TPSA) is 67.1 Å². The number of anilines is 2. The van der Waals surface area contributed by atoms with Gasteiger partial charge in [-0.1, -0.05) is 20.3 Å². The van der Waals surface area contributed by atoms with Crippen LogP contribution in [-0.2, 0) is 0 Å². The van der Waals surface area contributed by atoms with Crippen LogP contribution in [0.2, 0.25) is 0 Å². The van der Waals surface area contributed by atoms with Gasteiger partial charge in [0.15, 0.2) is 0 Å². The number of piperidine rings is 1. The summed E-state index contributed by atoms with van der Waals surface area (Å²) >= 11 is 0. The fourth-order valence-electron chi connectivity index (χ4n) is 2.74. The second kappa shape index (κ2) is 6.19. The molecule has 1 aliphatic heterocycles. The molecule has 1 aromatic heterocycles. The minimum Gasteiger partial charge on any atom is -0.383 e. The van der Waals surface area contributed by atoms with Gasteiger partial charge in [-0.05, 0) is 32.4 Å². The van der Waals surface area contributed by atoms with Crippen LogP contribution < -0.4 is 11.1 Å². The highest BCUT2D eigenvalue weighted by atomic mass is 15.2. The van der Waals surface area contributed by atoms with Gasteiger partial charge in [-0.15, -0.1) is 0 Å². The summed E-state index contributed by atoms with van der Waals surface area (Å²) in [6.07, 6.45) is 5.42. The largest absolute Gasteiger partial charge is 0.383 e. The molecule has 1 saturated heterocycles. The number of nitrogen functional groups attached to an aromatic ring is 1. The molecule has 0 saturated carbocycles. The third kappa shape index (κ3) is 3.35. The van der Waals surface area contributed by atoms with Crippen molar-refractivity contribution < 1.29 is 0 Å². The number of likely N-dealkylation sites (N-methyl/N-ethyl adjacent to an activating group) is 1. The van der Waals surface area contributed by atoms with E-state index in [2.05, 4.69) is 41.1 Å². The molecule has 2 heterocycles. The van der Waals surface area contributed by atoms with E-state index < -0.39 is 0 Å². The smallest absolute Gasteiger partial charge is 0.135 e. The van der Waals surface area contributed by atoms with E-state index in [0.29, 0.717) is 17.8 Å². The first-order chi connectivity index (χ1) is 9.09. The van der Waals surface area contributed by atoms with Gasteiger partial charge in [0.25, 0.3) is 0 Å². The number of hydrogen-bond donors (Lipinski definition) is 2. The van der Waals surface area contributed by atoms with Crippen molar-refractivity contribution in [3.8, 4) is 0 Å². The molecular formula is C14H25N5. The Morgan fingerprint density at radius 2 is 2.21 bits per heavy atom. The third-order valence-electron chi connectivity index (χ3n) is 3.92. The fourth-order valence-corrected chi connectivity index (χ4v) is 2.74. The van der Waals surface area contributed by atoms with Gasteiger partial charge in [-0.3, -0.25) is 0 Å². The van der Waals surface area contributed by atoms with Crippen molar-refractivity contribution in [2.24, 2.45) is 0 Å². The Labute approximate surface area is 115 Å². The van der Waals surface area contributed by atoms with E-state index in [4.69, 9.17) is 5.73 Å². The van der Waals surface area contributed by atoms with Crippen LogP contribution in [0, 0.1) is 0 Å². The number of rotatable bonds is 4. The normalized spacial score (nSPS) is 20.7. The Morgan fingerprint density at radius 3 is 2.89 bits per heavy atom. The lowest BCUT2D eigenvalue weighted by Gasteiger charge is -2.32. The summed E-state index contributed by atoms with van der Waals surface area (Å²) in [4.78, 5) is 10.9. The molecule has 0 spiro atoms. The zero-order valence-electron chi connectivity index (χ0n) is 12.2. The van der Waals surface area contributed by atoms with Crippen LogP contribution in [0.25, 0.3) is 0 Å². The van der Waals surface area contributed by atoms with Crippen LogP contribution in [0.3, 0.4) is 0 Å². The molecule has 0 aromatic carbocycles. The molecule has 0 aliphatic carbocycles. The molecule has 19 heavy (non-hydrogen) atoms. The zero-order valence-corrected chi connectivity index (χ0v) is 12.2. The van der Waals surface area contributed by atoms with Crippen molar-refractivity contribution in [3.05, 3.63) is 11.9 Å². The Morgan fingerprint density at radius 1 is 1.42 bits per heavy atom. The number of nitrogens with one attached hydrogen (secondary N) is 1. The van der Waals surface area contributed by atoms with Gasteiger partial charge in [0.2, 0.25) is 0 Å². The van der Waals surface area contributed by atoms with E-state index in [9.17, 15) is 0 Å². The van der Waals surface area contributed by atoms with E-state index in [0.717, 1.165) is 17.9 Å². The third-order valence-corrected chi connectivity index (χ3v) is 3.92. The van der Waals surface area contributed by atoms with Crippen LogP contribution in [0.4, 0.5) is 11.6 Å². The fraction of sp³-hybridized carbons (Fsp3) is 0.714. The second-order valence-corrected chi connectivity index (χ2v) is 5.69. The Hall–Kier alpha value is -1.36. The van der Waals surface area contributed by atoms with Crippen LogP contribution in [0.15, 0.2) is 6.33 Å². The molecule has 1 aromatic rings. The van der Waals surface area contributed by atoms with Gasteiger partial charge >= 0.3 is 0 Å². The highest BCUT2D eigenvalue weighted by Gasteiger charge is 2.20. The first-order valence-corrected chi connectivity index (χ1v) is 7.14. The van der Waals surface area contributed by atoms with Crippen molar-refractivity contribution in [3.63, 3.8) is 0 Å². The second-order valence-electron chi connectivity index (χ2n) is 5.69. The summed E-state index contributed by atoms with van der Waals surface area (Å²) < 4.78 is 0. The van der Waals surface area contributed by atoms with E-state index in [1.54, 1.807) is 0 Å². The number of likely N-dealkylation sites (tertiary alicyclic amines) is 1. The number of nitrogens with zero attached hydrogens (tertiary/aromatic N) is 3.